The molecule has 0 radical (unpaired) electrons. The van der Waals surface area contributed by atoms with E-state index in [1.165, 1.54) is 36.4 Å². The van der Waals surface area contributed by atoms with Gasteiger partial charge in [0.15, 0.2) is 0 Å². The van der Waals surface area contributed by atoms with Crippen molar-refractivity contribution in [1.29, 1.82) is 0 Å². The number of carbonyl (C=O) groups is 9. The van der Waals surface area contributed by atoms with E-state index >= 15 is 0 Å². The van der Waals surface area contributed by atoms with Gasteiger partial charge in [0.2, 0.25) is 45.5 Å². The molecule has 3 aromatic carbocycles. The second-order valence-corrected chi connectivity index (χ2v) is 17.8. The second kappa shape index (κ2) is 22.2. The number of para-hydroxylation sites is 1. The fourth-order valence-corrected chi connectivity index (χ4v) is 8.60. The maximum atomic E-state index is 14.4. The zero-order chi connectivity index (χ0) is 49.9. The normalized spacial score (nSPS) is 17.1. The number of nitrogens with one attached hydrogen (secondary N) is 7. The number of aryl methyl sites for hydroxylation is 1. The maximum absolute atomic E-state index is 14.4. The van der Waals surface area contributed by atoms with E-state index in [4.69, 9.17) is 5.73 Å². The first-order chi connectivity index (χ1) is 32.1. The molecule has 1 aliphatic carbocycles. The van der Waals surface area contributed by atoms with Crippen LogP contribution in [-0.2, 0) is 59.6 Å². The van der Waals surface area contributed by atoms with Crippen molar-refractivity contribution in [2.75, 3.05) is 6.54 Å². The molecule has 0 aliphatic heterocycles. The van der Waals surface area contributed by atoms with Gasteiger partial charge in [-0.1, -0.05) is 48.0 Å². The summed E-state index contributed by atoms with van der Waals surface area (Å²) in [5.74, 6) is -12.2. The van der Waals surface area contributed by atoms with Crippen molar-refractivity contribution in [3.05, 3.63) is 102 Å². The van der Waals surface area contributed by atoms with E-state index in [9.17, 15) is 71.3 Å². The third-order valence-corrected chi connectivity index (χ3v) is 12.5. The number of carbonyl (C=O) groups excluding carboxylic acids is 6. The minimum absolute atomic E-state index is 0.0439. The van der Waals surface area contributed by atoms with E-state index < -0.39 is 137 Å². The van der Waals surface area contributed by atoms with Gasteiger partial charge in [0.25, 0.3) is 0 Å². The Hall–Kier alpha value is -7.73. The van der Waals surface area contributed by atoms with Crippen molar-refractivity contribution < 1.29 is 71.3 Å². The number of carboxylic acids is 3. The molecule has 0 spiro atoms. The number of H-pyrrole nitrogens is 1. The Bertz CT molecular complexity index is 2710. The monoisotopic (exact) mass is 964 g/mol. The van der Waals surface area contributed by atoms with Gasteiger partial charge in [-0.25, -0.2) is 12.8 Å². The predicted octanol–water partition coefficient (Wildman–Crippen LogP) is -0.192. The van der Waals surface area contributed by atoms with Gasteiger partial charge >= 0.3 is 17.9 Å². The van der Waals surface area contributed by atoms with Crippen molar-refractivity contribution in [2.45, 2.75) is 92.4 Å². The van der Waals surface area contributed by atoms with Crippen LogP contribution in [0, 0.1) is 12.7 Å². The smallest absolute Gasteiger partial charge is 0.305 e. The Labute approximate surface area is 387 Å². The van der Waals surface area contributed by atoms with Crippen LogP contribution in [0.5, 0.6) is 0 Å². The number of sulfonamides is 1. The largest absolute Gasteiger partial charge is 0.481 e. The van der Waals surface area contributed by atoms with Gasteiger partial charge in [-0.3, -0.25) is 43.2 Å². The molecule has 0 saturated heterocycles. The highest BCUT2D eigenvalue weighted by atomic mass is 32.2. The van der Waals surface area contributed by atoms with E-state index in [2.05, 4.69) is 31.6 Å². The first-order valence-electron chi connectivity index (χ1n) is 20.9. The SMILES string of the molecule is Cc1ccc(S(=O)(=O)N[C@H](CC(=O)O)C(=O)N[C@@H](CCC(=O)O)C(=O)NCC(=O)N[C@@H](Cc2cccc(F)c2)C(=O)NC2(C(=O)N[C@@H](CCC(=O)O)C(N)=O)CC2c2c[nH]c3ccccc23)cc1. The van der Waals surface area contributed by atoms with E-state index in [0.29, 0.717) is 22.0 Å². The van der Waals surface area contributed by atoms with Crippen molar-refractivity contribution in [2.24, 2.45) is 5.73 Å². The molecule has 1 aliphatic rings. The third kappa shape index (κ3) is 13.7. The van der Waals surface area contributed by atoms with E-state index in [1.54, 1.807) is 37.4 Å². The van der Waals surface area contributed by atoms with Gasteiger partial charge in [-0.15, -0.1) is 0 Å². The molecule has 6 atom stereocenters. The van der Waals surface area contributed by atoms with E-state index in [-0.39, 0.29) is 29.7 Å². The van der Waals surface area contributed by atoms with Gasteiger partial charge in [-0.2, -0.15) is 4.72 Å². The van der Waals surface area contributed by atoms with Crippen LogP contribution in [0.25, 0.3) is 10.9 Å². The first-order valence-corrected chi connectivity index (χ1v) is 22.4. The highest BCUT2D eigenvalue weighted by Crippen LogP contribution is 2.53. The number of hydrogen-bond acceptors (Lipinski definition) is 11. The highest BCUT2D eigenvalue weighted by molar-refractivity contribution is 7.89. The summed E-state index contributed by atoms with van der Waals surface area (Å²) in [5, 5.41) is 40.7. The van der Waals surface area contributed by atoms with Crippen molar-refractivity contribution in [1.82, 2.24) is 36.3 Å². The molecule has 6 amide bonds. The fraction of sp³-hybridized carbons (Fsp3) is 0.341. The third-order valence-electron chi connectivity index (χ3n) is 11.0. The van der Waals surface area contributed by atoms with Crippen molar-refractivity contribution in [3.63, 3.8) is 0 Å². The summed E-state index contributed by atoms with van der Waals surface area (Å²) in [7, 11) is -4.50. The molecular weight excluding hydrogens is 916 g/mol. The van der Waals surface area contributed by atoms with E-state index in [1.807, 2.05) is 4.72 Å². The van der Waals surface area contributed by atoms with Gasteiger partial charge in [0.1, 0.15) is 35.5 Å². The van der Waals surface area contributed by atoms with Crippen LogP contribution in [0.2, 0.25) is 0 Å². The number of aromatic nitrogens is 1. The number of fused-ring (bicyclic) bond motifs is 1. The zero-order valence-corrected chi connectivity index (χ0v) is 37.1. The van der Waals surface area contributed by atoms with Gasteiger partial charge in [-0.05, 0) is 67.6 Å². The lowest BCUT2D eigenvalue weighted by molar-refractivity contribution is -0.140. The van der Waals surface area contributed by atoms with Crippen molar-refractivity contribution in [3.8, 4) is 0 Å². The molecule has 1 fully saturated rings. The second-order valence-electron chi connectivity index (χ2n) is 16.1. The number of aromatic amines is 1. The molecule has 4 aromatic rings. The number of amides is 6. The van der Waals surface area contributed by atoms with Crippen LogP contribution in [0.1, 0.15) is 61.1 Å². The Balaban J connectivity index is 1.36. The molecule has 1 saturated carbocycles. The van der Waals surface area contributed by atoms with Crippen LogP contribution in [-0.4, -0.2) is 118 Å². The molecule has 362 valence electrons. The molecule has 68 heavy (non-hydrogen) atoms. The van der Waals surface area contributed by atoms with Crippen LogP contribution in [0.4, 0.5) is 4.39 Å². The minimum atomic E-state index is -4.50. The predicted molar refractivity (Wildman–Crippen MR) is 236 cm³/mol. The molecule has 12 N–H and O–H groups in total. The summed E-state index contributed by atoms with van der Waals surface area (Å²) >= 11 is 0. The van der Waals surface area contributed by atoms with Crippen LogP contribution < -0.4 is 37.0 Å². The summed E-state index contributed by atoms with van der Waals surface area (Å²) in [5.41, 5.74) is 5.88. The lowest BCUT2D eigenvalue weighted by Crippen LogP contribution is -2.59. The van der Waals surface area contributed by atoms with Crippen LogP contribution in [0.3, 0.4) is 0 Å². The van der Waals surface area contributed by atoms with Gasteiger partial charge < -0.3 is 52.6 Å². The van der Waals surface area contributed by atoms with Crippen LogP contribution >= 0.6 is 0 Å². The standard InChI is InChI=1S/C44H49FN8O14S/c1-23-9-11-26(12-10-23)68(66,67)53-34(19-38(59)60)41(63)50-32(14-16-37(57)58)40(62)48-22-35(54)49-33(18-24-5-4-6-25(45)17-24)42(64)52-44(43(65)51-31(39(46)61)13-15-36(55)56)20-29(44)28-21-47-30-8-3-2-7-27(28)30/h2-12,17,21,29,31-34,47,53H,13-16,18-20,22H2,1H3,(H2,46,61)(H,48,62)(H,49,54)(H,50,63)(H,51,65)(H,52,64)(H,55,56)(H,57,58)(H,59,60)/t29?,31-,32-,33-,34+,44?/m0/s1. The Morgan fingerprint density at radius 2 is 1.44 bits per heavy atom. The minimum Gasteiger partial charge on any atom is -0.481 e. The number of hydrogen-bond donors (Lipinski definition) is 11. The molecule has 1 heterocycles. The molecule has 5 rings (SSSR count). The Morgan fingerprint density at radius 1 is 0.779 bits per heavy atom. The summed E-state index contributed by atoms with van der Waals surface area (Å²) < 4.78 is 42.5. The van der Waals surface area contributed by atoms with Gasteiger partial charge in [0, 0.05) is 42.3 Å². The quantitative estimate of drug-likeness (QED) is 0.0410. The number of aliphatic carboxylic acids is 3. The van der Waals surface area contributed by atoms with Crippen molar-refractivity contribution >= 4 is 74.3 Å². The Morgan fingerprint density at radius 3 is 2.07 bits per heavy atom. The summed E-state index contributed by atoms with van der Waals surface area (Å²) in [6, 6.07) is 10.6. The fourth-order valence-electron chi connectivity index (χ4n) is 7.40. The number of halogens is 1. The highest BCUT2D eigenvalue weighted by Gasteiger charge is 2.63. The molecule has 22 nitrogen and oxygen atoms in total. The maximum Gasteiger partial charge on any atom is 0.305 e. The molecular formula is C44H49FN8O14S. The average Bonchev–Trinajstić information content (AvgIpc) is 3.83. The lowest BCUT2D eigenvalue weighted by atomic mass is 10.0. The number of benzene rings is 3. The van der Waals surface area contributed by atoms with Gasteiger partial charge in [0.05, 0.1) is 17.9 Å². The lowest BCUT2D eigenvalue weighted by Gasteiger charge is -2.26. The number of primary amides is 1. The summed E-state index contributed by atoms with van der Waals surface area (Å²) in [4.78, 5) is 119. The topological polar surface area (TPSA) is 362 Å². The summed E-state index contributed by atoms with van der Waals surface area (Å²) in [6.45, 7) is 0.754. The van der Waals surface area contributed by atoms with Crippen LogP contribution in [0.15, 0.2) is 83.9 Å². The summed E-state index contributed by atoms with van der Waals surface area (Å²) in [6.07, 6.45) is -2.15. The number of carboxylic acid groups (broad SMARTS) is 3. The molecule has 0 bridgehead atoms. The molecule has 2 unspecified atom stereocenters. The number of nitrogens with two attached hydrogens (primary N) is 1. The zero-order valence-electron chi connectivity index (χ0n) is 36.2. The average molecular weight is 965 g/mol. The van der Waals surface area contributed by atoms with E-state index in [0.717, 1.165) is 12.1 Å². The number of rotatable bonds is 25. The molecule has 1 aromatic heterocycles. The first kappa shape index (κ1) is 51.3. The Kier molecular flexibility index (Phi) is 16.7. The molecule has 24 heteroatoms.